The van der Waals surface area contributed by atoms with E-state index in [0.29, 0.717) is 11.5 Å². The van der Waals surface area contributed by atoms with Gasteiger partial charge in [-0.1, -0.05) is 39.5 Å². The Balaban J connectivity index is 1.65. The standard InChI is InChI=1S/C22H30BO4/c1-3-5-7-17-24-19-9-13-21(14-10-19)26-23-27-22-15-11-20(12-16-22)25-18-8-6-4-2/h9-16H,3-8,17-18H2,1-2H3. The van der Waals surface area contributed by atoms with Crippen LogP contribution in [0.5, 0.6) is 23.0 Å². The van der Waals surface area contributed by atoms with Gasteiger partial charge >= 0.3 is 7.69 Å². The predicted octanol–water partition coefficient (Wildman–Crippen LogP) is 5.82. The van der Waals surface area contributed by atoms with Gasteiger partial charge in [0.15, 0.2) is 0 Å². The molecule has 0 unspecified atom stereocenters. The summed E-state index contributed by atoms with van der Waals surface area (Å²) in [5.41, 5.74) is 0. The van der Waals surface area contributed by atoms with Gasteiger partial charge in [0.05, 0.1) is 13.2 Å². The van der Waals surface area contributed by atoms with Gasteiger partial charge in [0, 0.05) is 0 Å². The number of ether oxygens (including phenoxy) is 2. The molecule has 145 valence electrons. The maximum Gasteiger partial charge on any atom is 0.658 e. The van der Waals surface area contributed by atoms with Crippen LogP contribution in [0.1, 0.15) is 52.4 Å². The summed E-state index contributed by atoms with van der Waals surface area (Å²) in [6.07, 6.45) is 6.94. The Bertz CT molecular complexity index is 558. The van der Waals surface area contributed by atoms with E-state index in [0.717, 1.165) is 37.6 Å². The minimum Gasteiger partial charge on any atom is -0.526 e. The van der Waals surface area contributed by atoms with Gasteiger partial charge in [-0.05, 0) is 61.4 Å². The van der Waals surface area contributed by atoms with E-state index < -0.39 is 0 Å². The molecule has 5 heteroatoms. The summed E-state index contributed by atoms with van der Waals surface area (Å²) >= 11 is 0. The van der Waals surface area contributed by atoms with Gasteiger partial charge in [-0.25, -0.2) is 0 Å². The average molecular weight is 369 g/mol. The van der Waals surface area contributed by atoms with E-state index in [1.54, 1.807) is 0 Å². The molecule has 0 amide bonds. The van der Waals surface area contributed by atoms with Crippen LogP contribution in [0.15, 0.2) is 48.5 Å². The van der Waals surface area contributed by atoms with E-state index in [1.807, 2.05) is 48.5 Å². The average Bonchev–Trinajstić information content (AvgIpc) is 2.71. The van der Waals surface area contributed by atoms with Crippen molar-refractivity contribution in [1.82, 2.24) is 0 Å². The van der Waals surface area contributed by atoms with Crippen molar-refractivity contribution in [3.63, 3.8) is 0 Å². The van der Waals surface area contributed by atoms with Crippen molar-refractivity contribution in [2.75, 3.05) is 13.2 Å². The van der Waals surface area contributed by atoms with Gasteiger partial charge in [-0.3, -0.25) is 0 Å². The Morgan fingerprint density at radius 2 is 0.926 bits per heavy atom. The van der Waals surface area contributed by atoms with Crippen LogP contribution in [-0.4, -0.2) is 20.9 Å². The summed E-state index contributed by atoms with van der Waals surface area (Å²) in [6.45, 7) is 5.87. The van der Waals surface area contributed by atoms with Crippen molar-refractivity contribution in [1.29, 1.82) is 0 Å². The van der Waals surface area contributed by atoms with E-state index >= 15 is 0 Å². The van der Waals surface area contributed by atoms with Crippen LogP contribution in [0.4, 0.5) is 0 Å². The summed E-state index contributed by atoms with van der Waals surface area (Å²) < 4.78 is 22.4. The normalized spacial score (nSPS) is 10.3. The van der Waals surface area contributed by atoms with E-state index in [4.69, 9.17) is 18.8 Å². The fourth-order valence-electron chi connectivity index (χ4n) is 2.45. The first-order valence-corrected chi connectivity index (χ1v) is 9.92. The Hall–Kier alpha value is -2.30. The third-order valence-corrected chi connectivity index (χ3v) is 4.05. The number of benzene rings is 2. The van der Waals surface area contributed by atoms with E-state index in [-0.39, 0.29) is 0 Å². The number of hydrogen-bond donors (Lipinski definition) is 0. The van der Waals surface area contributed by atoms with Crippen LogP contribution >= 0.6 is 0 Å². The summed E-state index contributed by atoms with van der Waals surface area (Å²) in [6, 6.07) is 15.1. The molecule has 4 nitrogen and oxygen atoms in total. The van der Waals surface area contributed by atoms with Gasteiger partial charge in [-0.15, -0.1) is 0 Å². The van der Waals surface area contributed by atoms with Crippen LogP contribution in [0, 0.1) is 0 Å². The lowest BCUT2D eigenvalue weighted by atomic mass is 10.2. The highest BCUT2D eigenvalue weighted by atomic mass is 16.6. The van der Waals surface area contributed by atoms with Crippen molar-refractivity contribution < 1.29 is 18.8 Å². The van der Waals surface area contributed by atoms with Crippen LogP contribution < -0.4 is 18.8 Å². The molecule has 0 bridgehead atoms. The molecule has 27 heavy (non-hydrogen) atoms. The molecule has 0 N–H and O–H groups in total. The Labute approximate surface area is 164 Å². The molecular weight excluding hydrogens is 339 g/mol. The minimum atomic E-state index is 0.701. The van der Waals surface area contributed by atoms with Crippen LogP contribution in [-0.2, 0) is 0 Å². The smallest absolute Gasteiger partial charge is 0.526 e. The lowest BCUT2D eigenvalue weighted by Gasteiger charge is -2.09. The molecule has 0 fully saturated rings. The molecule has 2 rings (SSSR count). The molecule has 0 aliphatic rings. The van der Waals surface area contributed by atoms with Gasteiger partial charge < -0.3 is 18.8 Å². The van der Waals surface area contributed by atoms with E-state index in [2.05, 4.69) is 13.8 Å². The molecule has 0 atom stereocenters. The number of unbranched alkanes of at least 4 members (excludes halogenated alkanes) is 4. The lowest BCUT2D eigenvalue weighted by Crippen LogP contribution is -2.10. The van der Waals surface area contributed by atoms with Crippen molar-refractivity contribution in [2.45, 2.75) is 52.4 Å². The van der Waals surface area contributed by atoms with E-state index in [1.165, 1.54) is 33.4 Å². The van der Waals surface area contributed by atoms with Crippen molar-refractivity contribution in [3.8, 4) is 23.0 Å². The second-order valence-corrected chi connectivity index (χ2v) is 6.39. The maximum atomic E-state index is 5.68. The zero-order valence-corrected chi connectivity index (χ0v) is 16.5. The fraction of sp³-hybridized carbons (Fsp3) is 0.455. The van der Waals surface area contributed by atoms with E-state index in [9.17, 15) is 0 Å². The number of hydrogen-bond acceptors (Lipinski definition) is 4. The van der Waals surface area contributed by atoms with Gasteiger partial charge in [0.25, 0.3) is 0 Å². The summed E-state index contributed by atoms with van der Waals surface area (Å²) in [5.74, 6) is 3.11. The minimum absolute atomic E-state index is 0.701. The Kier molecular flexibility index (Phi) is 10.1. The molecule has 0 spiro atoms. The molecule has 0 aromatic heterocycles. The first-order chi connectivity index (χ1) is 13.3. The van der Waals surface area contributed by atoms with Crippen LogP contribution in [0.2, 0.25) is 0 Å². The highest BCUT2D eigenvalue weighted by Gasteiger charge is 2.03. The zero-order chi connectivity index (χ0) is 19.2. The predicted molar refractivity (Wildman–Crippen MR) is 110 cm³/mol. The van der Waals surface area contributed by atoms with Crippen LogP contribution in [0.3, 0.4) is 0 Å². The third kappa shape index (κ3) is 8.76. The monoisotopic (exact) mass is 369 g/mol. The molecule has 0 saturated carbocycles. The zero-order valence-electron chi connectivity index (χ0n) is 16.5. The van der Waals surface area contributed by atoms with Gasteiger partial charge in [-0.2, -0.15) is 0 Å². The second kappa shape index (κ2) is 13.0. The molecule has 0 heterocycles. The van der Waals surface area contributed by atoms with Crippen molar-refractivity contribution >= 4 is 7.69 Å². The largest absolute Gasteiger partial charge is 0.658 e. The van der Waals surface area contributed by atoms with Gasteiger partial charge in [0.1, 0.15) is 23.0 Å². The third-order valence-electron chi connectivity index (χ3n) is 4.05. The molecule has 0 saturated heterocycles. The molecule has 2 aromatic carbocycles. The molecule has 2 aromatic rings. The summed E-state index contributed by atoms with van der Waals surface area (Å²) in [7, 11) is 1.33. The molecule has 1 radical (unpaired) electrons. The van der Waals surface area contributed by atoms with Crippen molar-refractivity contribution in [3.05, 3.63) is 48.5 Å². The second-order valence-electron chi connectivity index (χ2n) is 6.39. The highest BCUT2D eigenvalue weighted by Crippen LogP contribution is 2.20. The molecule has 0 aliphatic heterocycles. The SMILES string of the molecule is CCCCCOc1ccc(O[B]Oc2ccc(OCCCCC)cc2)cc1. The fourth-order valence-corrected chi connectivity index (χ4v) is 2.45. The lowest BCUT2D eigenvalue weighted by molar-refractivity contribution is 0.306. The van der Waals surface area contributed by atoms with Gasteiger partial charge in [0.2, 0.25) is 0 Å². The first kappa shape index (κ1) is 21.0. The highest BCUT2D eigenvalue weighted by molar-refractivity contribution is 6.20. The first-order valence-electron chi connectivity index (χ1n) is 9.92. The quantitative estimate of drug-likeness (QED) is 0.311. The number of rotatable bonds is 14. The molecule has 0 aliphatic carbocycles. The van der Waals surface area contributed by atoms with Crippen LogP contribution in [0.25, 0.3) is 0 Å². The summed E-state index contributed by atoms with van der Waals surface area (Å²) in [4.78, 5) is 0. The molecular formula is C22H30BO4. The Morgan fingerprint density at radius 1 is 0.556 bits per heavy atom. The van der Waals surface area contributed by atoms with Crippen molar-refractivity contribution in [2.24, 2.45) is 0 Å². The Morgan fingerprint density at radius 3 is 1.30 bits per heavy atom. The maximum absolute atomic E-state index is 5.68. The summed E-state index contributed by atoms with van der Waals surface area (Å²) in [5, 5.41) is 0. The topological polar surface area (TPSA) is 36.9 Å².